The van der Waals surface area contributed by atoms with E-state index in [4.69, 9.17) is 21.4 Å². The van der Waals surface area contributed by atoms with Crippen LogP contribution in [0.4, 0.5) is 5.69 Å². The average Bonchev–Trinajstić information content (AvgIpc) is 3.45. The third kappa shape index (κ3) is 7.24. The van der Waals surface area contributed by atoms with Gasteiger partial charge in [0.05, 0.1) is 5.56 Å². The number of rotatable bonds is 11. The molecule has 242 valence electrons. The maximum absolute atomic E-state index is 12.5. The van der Waals surface area contributed by atoms with Gasteiger partial charge in [-0.1, -0.05) is 24.3 Å². The number of ether oxygens (including phenoxy) is 1. The van der Waals surface area contributed by atoms with Gasteiger partial charge in [0, 0.05) is 59.2 Å². The largest absolute Gasteiger partial charge is 0.508 e. The van der Waals surface area contributed by atoms with Gasteiger partial charge in [0.2, 0.25) is 5.90 Å². The summed E-state index contributed by atoms with van der Waals surface area (Å²) in [6.45, 7) is 1.14. The molecule has 12 heteroatoms. The van der Waals surface area contributed by atoms with E-state index in [0.29, 0.717) is 57.4 Å². The van der Waals surface area contributed by atoms with Gasteiger partial charge in [-0.05, 0) is 85.6 Å². The van der Waals surface area contributed by atoms with E-state index in [0.717, 1.165) is 24.8 Å². The van der Waals surface area contributed by atoms with Crippen molar-refractivity contribution in [1.29, 1.82) is 0 Å². The number of aromatic carboxylic acids is 1. The number of phenolic OH excluding ortho intramolecular Hbond substituents is 1. The molecule has 2 aliphatic heterocycles. The number of hydrogen-bond donors (Lipinski definition) is 4. The third-order valence-electron chi connectivity index (χ3n) is 7.67. The number of fused-ring (bicyclic) bond motifs is 2. The summed E-state index contributed by atoms with van der Waals surface area (Å²) in [4.78, 5) is 45.3. The molecule has 0 bridgehead atoms. The minimum Gasteiger partial charge on any atom is -0.508 e. The van der Waals surface area contributed by atoms with Gasteiger partial charge in [0.15, 0.2) is 16.6 Å². The summed E-state index contributed by atoms with van der Waals surface area (Å²) in [7, 11) is 0. The van der Waals surface area contributed by atoms with Crippen molar-refractivity contribution in [3.8, 4) is 28.2 Å². The molecule has 2 heterocycles. The van der Waals surface area contributed by atoms with Crippen LogP contribution >= 0.6 is 12.2 Å². The molecule has 48 heavy (non-hydrogen) atoms. The highest BCUT2D eigenvalue weighted by Crippen LogP contribution is 2.42. The zero-order chi connectivity index (χ0) is 33.6. The molecule has 0 saturated heterocycles. The van der Waals surface area contributed by atoms with E-state index in [1.807, 2.05) is 30.3 Å². The Hall–Kier alpha value is -5.88. The van der Waals surface area contributed by atoms with Crippen LogP contribution in [0.15, 0.2) is 104 Å². The lowest BCUT2D eigenvalue weighted by atomic mass is 9.90. The highest BCUT2D eigenvalue weighted by molar-refractivity contribution is 7.80. The molecule has 3 aliphatic rings. The number of carbonyl (C=O) groups is 2. The summed E-state index contributed by atoms with van der Waals surface area (Å²) in [5.74, 6) is -1.03. The van der Waals surface area contributed by atoms with Gasteiger partial charge in [-0.3, -0.25) is 9.79 Å². The van der Waals surface area contributed by atoms with Crippen LogP contribution in [-0.4, -0.2) is 58.5 Å². The van der Waals surface area contributed by atoms with Crippen LogP contribution in [-0.2, 0) is 9.53 Å². The van der Waals surface area contributed by atoms with Gasteiger partial charge in [-0.2, -0.15) is 0 Å². The van der Waals surface area contributed by atoms with Gasteiger partial charge in [0.25, 0.3) is 0 Å². The fraction of sp³-hybridized carbons (Fsp3) is 0.167. The van der Waals surface area contributed by atoms with E-state index >= 15 is 0 Å². The Kier molecular flexibility index (Phi) is 9.53. The smallest absolute Gasteiger partial charge is 0.343 e. The van der Waals surface area contributed by atoms with E-state index in [9.17, 15) is 24.6 Å². The number of hydrogen-bond acceptors (Lipinski definition) is 9. The second-order valence-electron chi connectivity index (χ2n) is 11.0. The number of thiocarbonyl (C=S) groups is 1. The number of phenols is 1. The van der Waals surface area contributed by atoms with Crippen molar-refractivity contribution in [3.05, 3.63) is 106 Å². The minimum absolute atomic E-state index is 0.0178. The fourth-order valence-corrected chi connectivity index (χ4v) is 5.61. The van der Waals surface area contributed by atoms with Crippen molar-refractivity contribution in [1.82, 2.24) is 5.32 Å². The normalized spacial score (nSPS) is 14.3. The highest BCUT2D eigenvalue weighted by atomic mass is 32.1. The summed E-state index contributed by atoms with van der Waals surface area (Å²) in [5.41, 5.74) is 2.84. The van der Waals surface area contributed by atoms with Crippen molar-refractivity contribution in [2.24, 2.45) is 9.98 Å². The predicted octanol–water partition coefficient (Wildman–Crippen LogP) is 5.87. The SMILES string of the molecule is O=C(O)c1cc(NC(=S)NCCCCCN=CC2N=C(c3ccccc3)OC2=O)ccc1-c1c2ccc(=O)cc-2oc2cc(O)ccc12. The number of benzene rings is 4. The maximum atomic E-state index is 12.5. The molecule has 6 rings (SSSR count). The molecule has 0 fully saturated rings. The van der Waals surface area contributed by atoms with Crippen molar-refractivity contribution in [3.63, 3.8) is 0 Å². The van der Waals surface area contributed by atoms with Crippen molar-refractivity contribution in [2.75, 3.05) is 18.4 Å². The molecule has 0 saturated carbocycles. The molecule has 0 aromatic heterocycles. The molecule has 1 atom stereocenters. The number of nitrogens with one attached hydrogen (secondary N) is 2. The number of nitrogens with zero attached hydrogens (tertiary/aromatic N) is 2. The van der Waals surface area contributed by atoms with Crippen molar-refractivity contribution in [2.45, 2.75) is 25.3 Å². The maximum Gasteiger partial charge on any atom is 0.343 e. The molecule has 3 aromatic rings. The van der Waals surface area contributed by atoms with Gasteiger partial charge < -0.3 is 30.0 Å². The topological polar surface area (TPSA) is 163 Å². The van der Waals surface area contributed by atoms with Crippen molar-refractivity contribution < 1.29 is 29.0 Å². The zero-order valence-electron chi connectivity index (χ0n) is 25.5. The van der Waals surface area contributed by atoms with Crippen molar-refractivity contribution >= 4 is 58.0 Å². The summed E-state index contributed by atoms with van der Waals surface area (Å²) < 4.78 is 11.2. The Morgan fingerprint density at radius 1 is 0.958 bits per heavy atom. The van der Waals surface area contributed by atoms with Gasteiger partial charge in [-0.25, -0.2) is 14.6 Å². The van der Waals surface area contributed by atoms with E-state index < -0.39 is 18.0 Å². The molecule has 4 N–H and O–H groups in total. The molecule has 1 aliphatic carbocycles. The first-order chi connectivity index (χ1) is 23.3. The Balaban J connectivity index is 1.04. The molecule has 0 radical (unpaired) electrons. The second kappa shape index (κ2) is 14.3. The van der Waals surface area contributed by atoms with E-state index in [1.165, 1.54) is 36.5 Å². The lowest BCUT2D eigenvalue weighted by Crippen LogP contribution is -2.29. The van der Waals surface area contributed by atoms with Crippen LogP contribution in [0.2, 0.25) is 0 Å². The standard InChI is InChI=1S/C36H30N4O7S/c41-23-10-13-26-30(18-23)46-31-19-24(42)11-14-27(31)32(26)25-12-9-22(17-28(25)34(43)44)39-36(48)38-16-6-2-5-15-37-20-29-35(45)47-33(40-29)21-7-3-1-4-8-21/h1,3-4,7-14,17-20,29,41H,2,5-6,15-16H2,(H,43,44)(H2,38,39,48). The molecular weight excluding hydrogens is 632 g/mol. The molecule has 0 spiro atoms. The Labute approximate surface area is 280 Å². The Morgan fingerprint density at radius 3 is 2.58 bits per heavy atom. The highest BCUT2D eigenvalue weighted by Gasteiger charge is 2.28. The number of aliphatic imine (C=N–C) groups is 2. The first-order valence-corrected chi connectivity index (χ1v) is 15.6. The summed E-state index contributed by atoms with van der Waals surface area (Å²) in [6, 6.07) is 22.3. The minimum atomic E-state index is -1.15. The van der Waals surface area contributed by atoms with E-state index in [2.05, 4.69) is 20.6 Å². The zero-order valence-corrected chi connectivity index (χ0v) is 26.3. The number of carboxylic acids is 1. The number of aromatic hydroxyl groups is 1. The van der Waals surface area contributed by atoms with Crippen LogP contribution in [0.5, 0.6) is 5.75 Å². The van der Waals surface area contributed by atoms with Crippen LogP contribution in [0.3, 0.4) is 0 Å². The lowest BCUT2D eigenvalue weighted by molar-refractivity contribution is -0.133. The van der Waals surface area contributed by atoms with Gasteiger partial charge in [0.1, 0.15) is 17.1 Å². The molecule has 11 nitrogen and oxygen atoms in total. The Morgan fingerprint density at radius 2 is 1.77 bits per heavy atom. The summed E-state index contributed by atoms with van der Waals surface area (Å²) in [5, 5.41) is 27.3. The number of cyclic esters (lactones) is 1. The average molecular weight is 663 g/mol. The molecule has 3 aromatic carbocycles. The number of carbonyl (C=O) groups excluding carboxylic acids is 1. The molecule has 0 amide bonds. The van der Waals surface area contributed by atoms with Gasteiger partial charge >= 0.3 is 11.9 Å². The van der Waals surface area contributed by atoms with Crippen LogP contribution in [0, 0.1) is 0 Å². The Bertz CT molecular complexity index is 2110. The first-order valence-electron chi connectivity index (χ1n) is 15.2. The van der Waals surface area contributed by atoms with Crippen LogP contribution in [0.25, 0.3) is 33.4 Å². The summed E-state index contributed by atoms with van der Waals surface area (Å²) in [6.07, 6.45) is 4.02. The lowest BCUT2D eigenvalue weighted by Gasteiger charge is -2.18. The monoisotopic (exact) mass is 662 g/mol. The van der Waals surface area contributed by atoms with Gasteiger partial charge in [-0.15, -0.1) is 0 Å². The molecular formula is C36H30N4O7S. The first kappa shape index (κ1) is 32.1. The van der Waals surface area contributed by atoms with E-state index in [1.54, 1.807) is 24.3 Å². The van der Waals surface area contributed by atoms with Crippen LogP contribution in [0.1, 0.15) is 35.2 Å². The summed E-state index contributed by atoms with van der Waals surface area (Å²) >= 11 is 5.44. The molecule has 1 unspecified atom stereocenters. The quantitative estimate of drug-likeness (QED) is 0.0442. The number of carboxylic acid groups (broad SMARTS) is 1. The third-order valence-corrected chi connectivity index (χ3v) is 7.91. The van der Waals surface area contributed by atoms with Crippen LogP contribution < -0.4 is 16.1 Å². The number of unbranched alkanes of at least 4 members (excludes halogenated alkanes) is 2. The predicted molar refractivity (Wildman–Crippen MR) is 187 cm³/mol. The fourth-order valence-electron chi connectivity index (χ4n) is 5.39. The second-order valence-corrected chi connectivity index (χ2v) is 11.5. The number of esters is 1. The number of anilines is 1. The van der Waals surface area contributed by atoms with E-state index in [-0.39, 0.29) is 22.5 Å².